The molecule has 1 N–H and O–H groups in total. The van der Waals surface area contributed by atoms with Crippen molar-refractivity contribution in [1.29, 1.82) is 0 Å². The third-order valence-electron chi connectivity index (χ3n) is 4.99. The van der Waals surface area contributed by atoms with Crippen LogP contribution in [-0.4, -0.2) is 45.5 Å². The van der Waals surface area contributed by atoms with E-state index in [0.29, 0.717) is 40.1 Å². The Kier molecular flexibility index (Phi) is 7.00. The third kappa shape index (κ3) is 5.07. The molecule has 1 atom stereocenters. The smallest absolute Gasteiger partial charge is 0.151 e. The fourth-order valence-electron chi connectivity index (χ4n) is 3.21. The molecular weight excluding hydrogens is 446 g/mol. The van der Waals surface area contributed by atoms with Crippen molar-refractivity contribution in [3.8, 4) is 11.8 Å². The largest absolute Gasteiger partial charge is 0.378 e. The van der Waals surface area contributed by atoms with Gasteiger partial charge in [-0.25, -0.2) is 14.2 Å². The summed E-state index contributed by atoms with van der Waals surface area (Å²) >= 11 is 6.17. The van der Waals surface area contributed by atoms with Gasteiger partial charge in [0.15, 0.2) is 11.0 Å². The van der Waals surface area contributed by atoms with Crippen LogP contribution in [0.2, 0.25) is 5.02 Å². The molecule has 0 bridgehead atoms. The molecule has 1 aliphatic rings. The summed E-state index contributed by atoms with van der Waals surface area (Å²) in [6.45, 7) is 6.61. The van der Waals surface area contributed by atoms with Crippen molar-refractivity contribution in [1.82, 2.24) is 15.0 Å². The van der Waals surface area contributed by atoms with Crippen molar-refractivity contribution < 1.29 is 8.95 Å². The first-order valence-electron chi connectivity index (χ1n) is 10.1. The van der Waals surface area contributed by atoms with Gasteiger partial charge in [0.2, 0.25) is 0 Å². The van der Waals surface area contributed by atoms with Crippen molar-refractivity contribution in [2.45, 2.75) is 18.7 Å². The number of benzene rings is 1. The quantitative estimate of drug-likeness (QED) is 0.591. The second-order valence-corrected chi connectivity index (χ2v) is 8.75. The van der Waals surface area contributed by atoms with E-state index in [-0.39, 0.29) is 0 Å². The minimum atomic E-state index is -1.52. The molecule has 1 unspecified atom stereocenters. The van der Waals surface area contributed by atoms with Crippen molar-refractivity contribution in [3.05, 3.63) is 70.4 Å². The van der Waals surface area contributed by atoms with Crippen LogP contribution in [0.15, 0.2) is 47.8 Å². The lowest BCUT2D eigenvalue weighted by Crippen LogP contribution is -2.37. The summed E-state index contributed by atoms with van der Waals surface area (Å²) in [7, 11) is -1.52. The number of hydrogen-bond donors (Lipinski definition) is 1. The average molecular weight is 468 g/mol. The van der Waals surface area contributed by atoms with Gasteiger partial charge in [0.1, 0.15) is 12.1 Å². The Hall–Kier alpha value is -2.99. The van der Waals surface area contributed by atoms with E-state index in [1.807, 2.05) is 19.9 Å². The first kappa shape index (κ1) is 22.2. The lowest BCUT2D eigenvalue weighted by Gasteiger charge is -2.28. The highest BCUT2D eigenvalue weighted by atomic mass is 35.5. The van der Waals surface area contributed by atoms with E-state index in [1.54, 1.807) is 36.8 Å². The minimum Gasteiger partial charge on any atom is -0.378 e. The van der Waals surface area contributed by atoms with Gasteiger partial charge in [-0.05, 0) is 32.0 Å². The van der Waals surface area contributed by atoms with E-state index in [1.165, 1.54) is 0 Å². The summed E-state index contributed by atoms with van der Waals surface area (Å²) in [6.07, 6.45) is 3.25. The Balaban J connectivity index is 1.61. The third-order valence-corrected chi connectivity index (χ3v) is 6.59. The monoisotopic (exact) mass is 467 g/mol. The molecular formula is C23H22ClN5O2S. The van der Waals surface area contributed by atoms with Gasteiger partial charge in [0, 0.05) is 24.8 Å². The highest BCUT2D eigenvalue weighted by Crippen LogP contribution is 2.23. The van der Waals surface area contributed by atoms with Gasteiger partial charge in [-0.2, -0.15) is 0 Å². The minimum absolute atomic E-state index is 0.440. The molecule has 3 aromatic rings. The molecule has 0 aliphatic carbocycles. The Bertz CT molecular complexity index is 1220. The molecule has 1 fully saturated rings. The molecule has 32 heavy (non-hydrogen) atoms. The topological polar surface area (TPSA) is 80.2 Å². The maximum atomic E-state index is 12.8. The normalized spacial score (nSPS) is 14.4. The SMILES string of the molecule is Cc1ncc(C#Cc2c(C)ncnc2N2CCOCC2)cc1NS(=O)c1ccccc1Cl. The van der Waals surface area contributed by atoms with E-state index in [4.69, 9.17) is 16.3 Å². The number of morpholine rings is 1. The highest BCUT2D eigenvalue weighted by Gasteiger charge is 2.17. The zero-order valence-corrected chi connectivity index (χ0v) is 19.3. The Morgan fingerprint density at radius 1 is 1.09 bits per heavy atom. The number of rotatable bonds is 4. The number of nitrogens with one attached hydrogen (secondary N) is 1. The van der Waals surface area contributed by atoms with E-state index in [9.17, 15) is 4.21 Å². The number of aromatic nitrogens is 3. The number of halogens is 1. The molecule has 1 aromatic carbocycles. The molecule has 2 aromatic heterocycles. The molecule has 9 heteroatoms. The molecule has 0 radical (unpaired) electrons. The molecule has 3 heterocycles. The van der Waals surface area contributed by atoms with Crippen LogP contribution in [0.3, 0.4) is 0 Å². The molecule has 0 saturated carbocycles. The van der Waals surface area contributed by atoms with Crippen molar-refractivity contribution in [3.63, 3.8) is 0 Å². The lowest BCUT2D eigenvalue weighted by molar-refractivity contribution is 0.122. The molecule has 1 aliphatic heterocycles. The van der Waals surface area contributed by atoms with Crippen LogP contribution < -0.4 is 9.62 Å². The molecule has 0 spiro atoms. The number of aryl methyl sites for hydroxylation is 2. The van der Waals surface area contributed by atoms with Gasteiger partial charge in [-0.3, -0.25) is 9.71 Å². The number of ether oxygens (including phenoxy) is 1. The van der Waals surface area contributed by atoms with E-state index >= 15 is 0 Å². The second-order valence-electron chi connectivity index (χ2n) is 7.17. The number of anilines is 2. The van der Waals surface area contributed by atoms with Crippen molar-refractivity contribution in [2.75, 3.05) is 35.9 Å². The first-order valence-corrected chi connectivity index (χ1v) is 11.6. The lowest BCUT2D eigenvalue weighted by atomic mass is 10.1. The Morgan fingerprint density at radius 2 is 1.88 bits per heavy atom. The summed E-state index contributed by atoms with van der Waals surface area (Å²) in [4.78, 5) is 15.8. The standard InChI is InChI=1S/C23H22ClN5O2S/c1-16-19(23(27-15-26-16)29-9-11-31-12-10-29)8-7-18-13-21(17(2)25-14-18)28-32(30)22-6-4-3-5-20(22)24/h3-6,13-15,28H,9-12H2,1-2H3. The first-order chi connectivity index (χ1) is 15.5. The maximum Gasteiger partial charge on any atom is 0.151 e. The second kappa shape index (κ2) is 10.1. The molecule has 164 valence electrons. The van der Waals surface area contributed by atoms with Gasteiger partial charge in [0.05, 0.1) is 45.8 Å². The zero-order chi connectivity index (χ0) is 22.5. The van der Waals surface area contributed by atoms with Crippen molar-refractivity contribution >= 4 is 34.1 Å². The van der Waals surface area contributed by atoms with Gasteiger partial charge < -0.3 is 9.64 Å². The summed E-state index contributed by atoms with van der Waals surface area (Å²) in [5.41, 5.74) is 3.62. The Labute approximate surface area is 194 Å². The van der Waals surface area contributed by atoms with Crippen LogP contribution in [0.5, 0.6) is 0 Å². The van der Waals surface area contributed by atoms with Crippen LogP contribution in [0.25, 0.3) is 0 Å². The molecule has 4 rings (SSSR count). The van der Waals surface area contributed by atoms with Gasteiger partial charge in [-0.1, -0.05) is 35.6 Å². The molecule has 1 saturated heterocycles. The van der Waals surface area contributed by atoms with E-state index < -0.39 is 11.0 Å². The van der Waals surface area contributed by atoms with Crippen LogP contribution in [-0.2, 0) is 15.7 Å². The number of hydrogen-bond acceptors (Lipinski definition) is 6. The fourth-order valence-corrected chi connectivity index (χ4v) is 4.52. The predicted octanol–water partition coefficient (Wildman–Crippen LogP) is 3.51. The average Bonchev–Trinajstić information content (AvgIpc) is 2.81. The number of pyridine rings is 1. The van der Waals surface area contributed by atoms with Gasteiger partial charge in [0.25, 0.3) is 0 Å². The number of nitrogens with zero attached hydrogens (tertiary/aromatic N) is 4. The van der Waals surface area contributed by atoms with Crippen LogP contribution in [0.4, 0.5) is 11.5 Å². The van der Waals surface area contributed by atoms with Crippen LogP contribution >= 0.6 is 11.6 Å². The summed E-state index contributed by atoms with van der Waals surface area (Å²) in [6, 6.07) is 8.86. The Morgan fingerprint density at radius 3 is 2.66 bits per heavy atom. The molecule has 0 amide bonds. The van der Waals surface area contributed by atoms with E-state index in [2.05, 4.69) is 36.4 Å². The predicted molar refractivity (Wildman–Crippen MR) is 126 cm³/mol. The molecule has 7 nitrogen and oxygen atoms in total. The fraction of sp³-hybridized carbons (Fsp3) is 0.261. The maximum absolute atomic E-state index is 12.8. The van der Waals surface area contributed by atoms with Gasteiger partial charge in [-0.15, -0.1) is 0 Å². The van der Waals surface area contributed by atoms with E-state index in [0.717, 1.165) is 30.2 Å². The summed E-state index contributed by atoms with van der Waals surface area (Å²) in [5, 5.41) is 0.440. The van der Waals surface area contributed by atoms with Crippen LogP contribution in [0, 0.1) is 25.7 Å². The van der Waals surface area contributed by atoms with Crippen LogP contribution in [0.1, 0.15) is 22.5 Å². The highest BCUT2D eigenvalue weighted by molar-refractivity contribution is 7.86. The summed E-state index contributed by atoms with van der Waals surface area (Å²) < 4.78 is 21.2. The van der Waals surface area contributed by atoms with Gasteiger partial charge >= 0.3 is 0 Å². The zero-order valence-electron chi connectivity index (χ0n) is 17.8. The summed E-state index contributed by atoms with van der Waals surface area (Å²) in [5.74, 6) is 7.18. The van der Waals surface area contributed by atoms with Crippen molar-refractivity contribution in [2.24, 2.45) is 0 Å².